The molecule has 2 atom stereocenters. The number of piperidine rings is 1. The average molecular weight is 303 g/mol. The van der Waals surface area contributed by atoms with Crippen molar-refractivity contribution >= 4 is 6.03 Å². The van der Waals surface area contributed by atoms with E-state index in [1.807, 2.05) is 26.5 Å². The van der Waals surface area contributed by atoms with E-state index in [1.54, 1.807) is 6.07 Å². The van der Waals surface area contributed by atoms with E-state index in [0.717, 1.165) is 31.7 Å². The second kappa shape index (κ2) is 5.43. The summed E-state index contributed by atoms with van der Waals surface area (Å²) in [6.07, 6.45) is 1.08. The minimum atomic E-state index is 0.0835. The van der Waals surface area contributed by atoms with Gasteiger partial charge in [0.15, 0.2) is 0 Å². The van der Waals surface area contributed by atoms with Gasteiger partial charge in [-0.05, 0) is 18.4 Å². The van der Waals surface area contributed by atoms with Gasteiger partial charge in [0, 0.05) is 50.4 Å². The number of pyridine rings is 1. The molecule has 6 heteroatoms. The quantitative estimate of drug-likeness (QED) is 0.709. The summed E-state index contributed by atoms with van der Waals surface area (Å²) in [4.78, 5) is 28.6. The molecule has 3 aliphatic rings. The molecule has 2 bridgehead atoms. The molecule has 22 heavy (non-hydrogen) atoms. The molecule has 0 spiro atoms. The van der Waals surface area contributed by atoms with Gasteiger partial charge in [-0.25, -0.2) is 4.79 Å². The fraction of sp³-hybridized carbons (Fsp3) is 0.625. The Morgan fingerprint density at radius 3 is 2.73 bits per heavy atom. The number of carbonyl (C=O) groups is 1. The monoisotopic (exact) mass is 303 g/mol. The predicted octanol–water partition coefficient (Wildman–Crippen LogP) is 0.720. The van der Waals surface area contributed by atoms with Gasteiger partial charge in [-0.3, -0.25) is 4.79 Å². The molecule has 0 unspecified atom stereocenters. The highest BCUT2D eigenvalue weighted by atomic mass is 16.5. The zero-order chi connectivity index (χ0) is 15.1. The molecule has 2 saturated heterocycles. The lowest BCUT2D eigenvalue weighted by molar-refractivity contribution is 0.0353. The van der Waals surface area contributed by atoms with Crippen LogP contribution in [-0.2, 0) is 11.3 Å². The summed E-state index contributed by atoms with van der Waals surface area (Å²) in [6.45, 7) is 4.83. The van der Waals surface area contributed by atoms with E-state index >= 15 is 0 Å². The van der Waals surface area contributed by atoms with E-state index in [9.17, 15) is 9.59 Å². The van der Waals surface area contributed by atoms with E-state index in [1.165, 1.54) is 0 Å². The Morgan fingerprint density at radius 2 is 1.91 bits per heavy atom. The summed E-state index contributed by atoms with van der Waals surface area (Å²) >= 11 is 0. The van der Waals surface area contributed by atoms with Crippen molar-refractivity contribution in [3.63, 3.8) is 0 Å². The van der Waals surface area contributed by atoms with Crippen LogP contribution in [0, 0.1) is 5.92 Å². The first-order valence-electron chi connectivity index (χ1n) is 8.04. The number of carbonyl (C=O) groups excluding carboxylic acids is 1. The molecule has 0 saturated carbocycles. The van der Waals surface area contributed by atoms with Gasteiger partial charge in [0.05, 0.1) is 13.2 Å². The van der Waals surface area contributed by atoms with Crippen LogP contribution in [0.4, 0.5) is 4.79 Å². The lowest BCUT2D eigenvalue weighted by Crippen LogP contribution is -2.54. The SMILES string of the molecule is O=C(N1CCOCC1)N1C[C@H]2C[C@H](C1)c1cccc(=O)n1C2. The number of morpholine rings is 1. The van der Waals surface area contributed by atoms with Crippen molar-refractivity contribution in [2.24, 2.45) is 5.92 Å². The predicted molar refractivity (Wildman–Crippen MR) is 80.9 cm³/mol. The van der Waals surface area contributed by atoms with Crippen LogP contribution in [0.1, 0.15) is 18.0 Å². The third-order valence-electron chi connectivity index (χ3n) is 5.03. The maximum absolute atomic E-state index is 12.7. The van der Waals surface area contributed by atoms with Crippen molar-refractivity contribution in [1.82, 2.24) is 14.4 Å². The number of aromatic nitrogens is 1. The number of rotatable bonds is 0. The van der Waals surface area contributed by atoms with Crippen LogP contribution in [0.5, 0.6) is 0 Å². The van der Waals surface area contributed by atoms with Gasteiger partial charge >= 0.3 is 6.03 Å². The van der Waals surface area contributed by atoms with Crippen molar-refractivity contribution in [1.29, 1.82) is 0 Å². The average Bonchev–Trinajstić information content (AvgIpc) is 2.56. The Bertz CT molecular complexity index is 636. The molecule has 1 aromatic heterocycles. The van der Waals surface area contributed by atoms with Gasteiger partial charge in [0.25, 0.3) is 5.56 Å². The summed E-state index contributed by atoms with van der Waals surface area (Å²) < 4.78 is 7.22. The van der Waals surface area contributed by atoms with Crippen molar-refractivity contribution in [3.8, 4) is 0 Å². The minimum absolute atomic E-state index is 0.0835. The van der Waals surface area contributed by atoms with Crippen LogP contribution < -0.4 is 5.56 Å². The Labute approximate surface area is 129 Å². The van der Waals surface area contributed by atoms with Gasteiger partial charge < -0.3 is 19.1 Å². The molecule has 1 aromatic rings. The van der Waals surface area contributed by atoms with Crippen molar-refractivity contribution in [2.45, 2.75) is 18.9 Å². The highest BCUT2D eigenvalue weighted by Gasteiger charge is 2.37. The second-order valence-electron chi connectivity index (χ2n) is 6.49. The van der Waals surface area contributed by atoms with Crippen LogP contribution in [0.15, 0.2) is 23.0 Å². The van der Waals surface area contributed by atoms with E-state index in [-0.39, 0.29) is 17.5 Å². The third kappa shape index (κ3) is 2.31. The van der Waals surface area contributed by atoms with Crippen molar-refractivity contribution in [3.05, 3.63) is 34.2 Å². The van der Waals surface area contributed by atoms with E-state index in [0.29, 0.717) is 32.2 Å². The normalized spacial score (nSPS) is 27.5. The number of hydrogen-bond acceptors (Lipinski definition) is 3. The van der Waals surface area contributed by atoms with Gasteiger partial charge in [-0.2, -0.15) is 0 Å². The summed E-state index contributed by atoms with van der Waals surface area (Å²) in [6, 6.07) is 5.62. The molecule has 4 rings (SSSR count). The van der Waals surface area contributed by atoms with E-state index in [2.05, 4.69) is 0 Å². The largest absolute Gasteiger partial charge is 0.378 e. The summed E-state index contributed by atoms with van der Waals surface area (Å²) in [5.41, 5.74) is 1.17. The second-order valence-corrected chi connectivity index (χ2v) is 6.49. The first kappa shape index (κ1) is 13.8. The molecule has 0 aromatic carbocycles. The molecule has 4 heterocycles. The zero-order valence-corrected chi connectivity index (χ0v) is 12.6. The summed E-state index contributed by atoms with van der Waals surface area (Å²) in [7, 11) is 0. The van der Waals surface area contributed by atoms with Crippen LogP contribution in [0.25, 0.3) is 0 Å². The van der Waals surface area contributed by atoms with E-state index in [4.69, 9.17) is 4.74 Å². The molecule has 0 aliphatic carbocycles. The molecule has 6 nitrogen and oxygen atoms in total. The molecular formula is C16H21N3O3. The maximum Gasteiger partial charge on any atom is 0.320 e. The van der Waals surface area contributed by atoms with Crippen molar-refractivity contribution in [2.75, 3.05) is 39.4 Å². The highest BCUT2D eigenvalue weighted by Crippen LogP contribution is 2.35. The highest BCUT2D eigenvalue weighted by molar-refractivity contribution is 5.74. The maximum atomic E-state index is 12.7. The number of likely N-dealkylation sites (tertiary alicyclic amines) is 1. The molecule has 118 valence electrons. The molecule has 0 radical (unpaired) electrons. The Morgan fingerprint density at radius 1 is 1.09 bits per heavy atom. The van der Waals surface area contributed by atoms with Crippen LogP contribution in [0.3, 0.4) is 0 Å². The Balaban J connectivity index is 1.55. The minimum Gasteiger partial charge on any atom is -0.378 e. The first-order chi connectivity index (χ1) is 10.7. The number of ether oxygens (including phenoxy) is 1. The fourth-order valence-corrected chi connectivity index (χ4v) is 4.01. The van der Waals surface area contributed by atoms with E-state index < -0.39 is 0 Å². The Hall–Kier alpha value is -1.82. The fourth-order valence-electron chi connectivity index (χ4n) is 4.01. The molecule has 0 N–H and O–H groups in total. The molecule has 2 amide bonds. The molecule has 3 aliphatic heterocycles. The molecular weight excluding hydrogens is 282 g/mol. The number of urea groups is 1. The topological polar surface area (TPSA) is 54.8 Å². The van der Waals surface area contributed by atoms with Gasteiger partial charge in [-0.1, -0.05) is 6.07 Å². The third-order valence-corrected chi connectivity index (χ3v) is 5.03. The number of nitrogens with zero attached hydrogens (tertiary/aromatic N) is 3. The summed E-state index contributed by atoms with van der Waals surface area (Å²) in [5.74, 6) is 0.669. The zero-order valence-electron chi connectivity index (χ0n) is 12.6. The van der Waals surface area contributed by atoms with Crippen molar-refractivity contribution < 1.29 is 9.53 Å². The van der Waals surface area contributed by atoms with Crippen LogP contribution in [0.2, 0.25) is 0 Å². The van der Waals surface area contributed by atoms with Crippen LogP contribution in [-0.4, -0.2) is 59.8 Å². The smallest absolute Gasteiger partial charge is 0.320 e. The number of fused-ring (bicyclic) bond motifs is 4. The lowest BCUT2D eigenvalue weighted by Gasteiger charge is -2.44. The number of amides is 2. The standard InChI is InChI=1S/C16H21N3O3/c20-15-3-1-2-14-13-8-12(10-19(14)15)9-18(11-13)16(21)17-4-6-22-7-5-17/h1-3,12-13H,4-11H2/t12-,13-/m1/s1. The van der Waals surface area contributed by atoms with Gasteiger partial charge in [-0.15, -0.1) is 0 Å². The van der Waals surface area contributed by atoms with Gasteiger partial charge in [0.1, 0.15) is 0 Å². The molecule has 2 fully saturated rings. The first-order valence-corrected chi connectivity index (χ1v) is 8.04. The van der Waals surface area contributed by atoms with Gasteiger partial charge in [0.2, 0.25) is 0 Å². The lowest BCUT2D eigenvalue weighted by atomic mass is 9.83. The van der Waals surface area contributed by atoms with Crippen LogP contribution >= 0.6 is 0 Å². The number of hydrogen-bond donors (Lipinski definition) is 0. The Kier molecular flexibility index (Phi) is 3.41. The summed E-state index contributed by atoms with van der Waals surface area (Å²) in [5, 5.41) is 0.